The standard InChI is InChI=1S/C22H26Cl2N2O2/c1-16(27)25-22(18-5-3-2-4-6-18)10-13-26(14-11-22)12-9-21(28)17-7-8-19(23)20(24)15-17/h2-8,15,21,28H,9-14H2,1H3,(H,25,27). The molecule has 1 aliphatic heterocycles. The topological polar surface area (TPSA) is 52.6 Å². The van der Waals surface area contributed by atoms with Crippen molar-refractivity contribution in [2.24, 2.45) is 0 Å². The molecule has 1 atom stereocenters. The molecule has 28 heavy (non-hydrogen) atoms. The van der Waals surface area contributed by atoms with Crippen LogP contribution in [-0.2, 0) is 10.3 Å². The zero-order valence-electron chi connectivity index (χ0n) is 16.0. The van der Waals surface area contributed by atoms with E-state index in [-0.39, 0.29) is 11.4 Å². The molecule has 2 aromatic carbocycles. The zero-order chi connectivity index (χ0) is 20.1. The lowest BCUT2D eigenvalue weighted by Crippen LogP contribution is -2.52. The first-order chi connectivity index (χ1) is 13.4. The van der Waals surface area contributed by atoms with E-state index in [1.54, 1.807) is 19.1 Å². The highest BCUT2D eigenvalue weighted by atomic mass is 35.5. The third-order valence-electron chi connectivity index (χ3n) is 5.50. The minimum atomic E-state index is -0.578. The van der Waals surface area contributed by atoms with E-state index >= 15 is 0 Å². The molecule has 0 saturated carbocycles. The molecule has 0 aliphatic carbocycles. The Morgan fingerprint density at radius 3 is 2.43 bits per heavy atom. The fourth-order valence-corrected chi connectivity index (χ4v) is 4.24. The minimum Gasteiger partial charge on any atom is -0.388 e. The smallest absolute Gasteiger partial charge is 0.217 e. The molecule has 150 valence electrons. The number of benzene rings is 2. The van der Waals surface area contributed by atoms with Crippen molar-refractivity contribution in [2.45, 2.75) is 37.8 Å². The van der Waals surface area contributed by atoms with Gasteiger partial charge in [0.1, 0.15) is 0 Å². The normalized spacial score (nSPS) is 17.9. The molecule has 2 aromatic rings. The van der Waals surface area contributed by atoms with Crippen molar-refractivity contribution in [3.63, 3.8) is 0 Å². The second kappa shape index (κ2) is 9.27. The van der Waals surface area contributed by atoms with Crippen LogP contribution in [0.1, 0.15) is 43.4 Å². The van der Waals surface area contributed by atoms with E-state index in [4.69, 9.17) is 23.2 Å². The van der Waals surface area contributed by atoms with Crippen molar-refractivity contribution in [3.05, 3.63) is 69.7 Å². The number of nitrogens with one attached hydrogen (secondary N) is 1. The molecule has 0 bridgehead atoms. The quantitative estimate of drug-likeness (QED) is 0.720. The summed E-state index contributed by atoms with van der Waals surface area (Å²) in [5.74, 6) is -0.00709. The predicted molar refractivity (Wildman–Crippen MR) is 114 cm³/mol. The number of rotatable bonds is 6. The Bertz CT molecular complexity index is 805. The van der Waals surface area contributed by atoms with Crippen LogP contribution >= 0.6 is 23.2 Å². The fraction of sp³-hybridized carbons (Fsp3) is 0.409. The summed E-state index contributed by atoms with van der Waals surface area (Å²) < 4.78 is 0. The van der Waals surface area contributed by atoms with Crippen molar-refractivity contribution < 1.29 is 9.90 Å². The summed E-state index contributed by atoms with van der Waals surface area (Å²) >= 11 is 12.0. The highest BCUT2D eigenvalue weighted by molar-refractivity contribution is 6.42. The van der Waals surface area contributed by atoms with E-state index in [0.717, 1.165) is 43.6 Å². The molecule has 3 rings (SSSR count). The Hall–Kier alpha value is -1.59. The number of nitrogens with zero attached hydrogens (tertiary/aromatic N) is 1. The minimum absolute atomic E-state index is 0.00709. The second-order valence-electron chi connectivity index (χ2n) is 7.45. The van der Waals surface area contributed by atoms with Gasteiger partial charge in [-0.1, -0.05) is 59.6 Å². The van der Waals surface area contributed by atoms with Crippen molar-refractivity contribution in [2.75, 3.05) is 19.6 Å². The fourth-order valence-electron chi connectivity index (χ4n) is 3.93. The number of piperidine rings is 1. The maximum Gasteiger partial charge on any atom is 0.217 e. The summed E-state index contributed by atoms with van der Waals surface area (Å²) in [6, 6.07) is 15.4. The Morgan fingerprint density at radius 1 is 1.14 bits per heavy atom. The van der Waals surface area contributed by atoms with E-state index in [1.165, 1.54) is 0 Å². The monoisotopic (exact) mass is 420 g/mol. The van der Waals surface area contributed by atoms with Crippen LogP contribution in [-0.4, -0.2) is 35.5 Å². The number of aliphatic hydroxyl groups is 1. The van der Waals surface area contributed by atoms with E-state index in [9.17, 15) is 9.90 Å². The van der Waals surface area contributed by atoms with Gasteiger partial charge in [0.25, 0.3) is 0 Å². The Labute approximate surface area is 176 Å². The molecule has 1 heterocycles. The summed E-state index contributed by atoms with van der Waals surface area (Å²) in [7, 11) is 0. The third kappa shape index (κ3) is 5.06. The van der Waals surface area contributed by atoms with Crippen LogP contribution in [0.5, 0.6) is 0 Å². The Balaban J connectivity index is 1.59. The number of hydrogen-bond acceptors (Lipinski definition) is 3. The van der Waals surface area contributed by atoms with Gasteiger partial charge < -0.3 is 15.3 Å². The van der Waals surface area contributed by atoms with Crippen LogP contribution in [0.4, 0.5) is 0 Å². The van der Waals surface area contributed by atoms with Gasteiger partial charge in [-0.25, -0.2) is 0 Å². The summed E-state index contributed by atoms with van der Waals surface area (Å²) in [6.45, 7) is 4.09. The lowest BCUT2D eigenvalue weighted by molar-refractivity contribution is -0.121. The van der Waals surface area contributed by atoms with Crippen molar-refractivity contribution in [3.8, 4) is 0 Å². The molecule has 2 N–H and O–H groups in total. The van der Waals surface area contributed by atoms with Gasteiger partial charge in [-0.2, -0.15) is 0 Å². The Kier molecular flexibility index (Phi) is 7.00. The summed E-state index contributed by atoms with van der Waals surface area (Å²) in [4.78, 5) is 14.2. The van der Waals surface area contributed by atoms with Crippen molar-refractivity contribution >= 4 is 29.1 Å². The zero-order valence-corrected chi connectivity index (χ0v) is 17.5. The first kappa shape index (κ1) is 21.1. The molecule has 1 fully saturated rings. The first-order valence-electron chi connectivity index (χ1n) is 9.59. The van der Waals surface area contributed by atoms with Gasteiger partial charge in [0.05, 0.1) is 21.7 Å². The molecule has 6 heteroatoms. The molecular formula is C22H26Cl2N2O2. The molecule has 1 amide bonds. The summed E-state index contributed by atoms with van der Waals surface area (Å²) in [5, 5.41) is 14.6. The van der Waals surface area contributed by atoms with E-state index in [1.807, 2.05) is 24.3 Å². The van der Waals surface area contributed by atoms with Gasteiger partial charge >= 0.3 is 0 Å². The van der Waals surface area contributed by atoms with Crippen LogP contribution in [0, 0.1) is 0 Å². The van der Waals surface area contributed by atoms with Crippen LogP contribution < -0.4 is 5.32 Å². The highest BCUT2D eigenvalue weighted by Crippen LogP contribution is 2.33. The van der Waals surface area contributed by atoms with Crippen LogP contribution in [0.25, 0.3) is 0 Å². The molecule has 1 aliphatic rings. The number of aliphatic hydroxyl groups excluding tert-OH is 1. The third-order valence-corrected chi connectivity index (χ3v) is 6.24. The van der Waals surface area contributed by atoms with Gasteiger partial charge in [0.2, 0.25) is 5.91 Å². The summed E-state index contributed by atoms with van der Waals surface area (Å²) in [5.41, 5.74) is 1.62. The van der Waals surface area contributed by atoms with Crippen molar-refractivity contribution in [1.82, 2.24) is 10.2 Å². The summed E-state index contributed by atoms with van der Waals surface area (Å²) in [6.07, 6.45) is 1.74. The number of amides is 1. The molecule has 4 nitrogen and oxygen atoms in total. The van der Waals surface area contributed by atoms with E-state index in [2.05, 4.69) is 22.3 Å². The van der Waals surface area contributed by atoms with Gasteiger partial charge in [0.15, 0.2) is 0 Å². The lowest BCUT2D eigenvalue weighted by atomic mass is 9.80. The SMILES string of the molecule is CC(=O)NC1(c2ccccc2)CCN(CCC(O)c2ccc(Cl)c(Cl)c2)CC1. The average Bonchev–Trinajstić information content (AvgIpc) is 2.69. The molecule has 1 saturated heterocycles. The number of carbonyl (C=O) groups is 1. The molecule has 0 spiro atoms. The maximum atomic E-state index is 11.8. The molecule has 1 unspecified atom stereocenters. The van der Waals surface area contributed by atoms with Crippen LogP contribution in [0.2, 0.25) is 10.0 Å². The molecule has 0 aromatic heterocycles. The van der Waals surface area contributed by atoms with E-state index in [0.29, 0.717) is 16.5 Å². The predicted octanol–water partition coefficient (Wildman–Crippen LogP) is 4.54. The maximum absolute atomic E-state index is 11.8. The number of halogens is 2. The van der Waals surface area contributed by atoms with Crippen molar-refractivity contribution in [1.29, 1.82) is 0 Å². The van der Waals surface area contributed by atoms with Gasteiger partial charge in [-0.15, -0.1) is 0 Å². The van der Waals surface area contributed by atoms with Gasteiger partial charge in [-0.05, 0) is 42.5 Å². The van der Waals surface area contributed by atoms with Gasteiger partial charge in [-0.3, -0.25) is 4.79 Å². The number of likely N-dealkylation sites (tertiary alicyclic amines) is 1. The lowest BCUT2D eigenvalue weighted by Gasteiger charge is -2.43. The number of carbonyl (C=O) groups excluding carboxylic acids is 1. The van der Waals surface area contributed by atoms with Crippen LogP contribution in [0.3, 0.4) is 0 Å². The number of hydrogen-bond donors (Lipinski definition) is 2. The van der Waals surface area contributed by atoms with Gasteiger partial charge in [0, 0.05) is 26.6 Å². The second-order valence-corrected chi connectivity index (χ2v) is 8.26. The van der Waals surface area contributed by atoms with E-state index < -0.39 is 6.10 Å². The molecular weight excluding hydrogens is 395 g/mol. The highest BCUT2D eigenvalue weighted by Gasteiger charge is 2.36. The van der Waals surface area contributed by atoms with Crippen LogP contribution in [0.15, 0.2) is 48.5 Å². The largest absolute Gasteiger partial charge is 0.388 e. The Morgan fingerprint density at radius 2 is 1.82 bits per heavy atom. The average molecular weight is 421 g/mol. The first-order valence-corrected chi connectivity index (χ1v) is 10.3. The molecule has 0 radical (unpaired) electrons.